The quantitative estimate of drug-likeness (QED) is 0.868. The summed E-state index contributed by atoms with van der Waals surface area (Å²) >= 11 is 0. The number of carbonyl (C=O) groups excluding carboxylic acids is 1. The van der Waals surface area contributed by atoms with Crippen molar-refractivity contribution < 1.29 is 14.3 Å². The van der Waals surface area contributed by atoms with Gasteiger partial charge in [0.2, 0.25) is 5.91 Å². The van der Waals surface area contributed by atoms with Crippen LogP contribution in [0.3, 0.4) is 0 Å². The molecular formula is C21H26FN3O2. The molecular weight excluding hydrogens is 345 g/mol. The molecule has 6 heteroatoms. The van der Waals surface area contributed by atoms with Crippen LogP contribution >= 0.6 is 0 Å². The molecule has 1 N–H and O–H groups in total. The fraction of sp³-hybridized carbons (Fsp3) is 0.619. The first kappa shape index (κ1) is 18.2. The molecule has 1 aliphatic carbocycles. The second kappa shape index (κ2) is 7.12. The average molecular weight is 371 g/mol. The van der Waals surface area contributed by atoms with E-state index in [1.54, 1.807) is 6.07 Å². The van der Waals surface area contributed by atoms with Crippen LogP contribution in [0.1, 0.15) is 50.5 Å². The van der Waals surface area contributed by atoms with E-state index < -0.39 is 5.82 Å². The van der Waals surface area contributed by atoms with Crippen LogP contribution in [0.2, 0.25) is 0 Å². The summed E-state index contributed by atoms with van der Waals surface area (Å²) in [6, 6.07) is 6.82. The van der Waals surface area contributed by atoms with Crippen molar-refractivity contribution in [3.8, 4) is 6.07 Å². The lowest BCUT2D eigenvalue weighted by Gasteiger charge is -2.41. The van der Waals surface area contributed by atoms with E-state index in [2.05, 4.69) is 9.80 Å². The zero-order valence-corrected chi connectivity index (χ0v) is 15.5. The summed E-state index contributed by atoms with van der Waals surface area (Å²) in [5.74, 6) is -0.266. The number of aliphatic hydroxyl groups excluding tert-OH is 1. The molecule has 1 aromatic carbocycles. The molecule has 1 saturated carbocycles. The Hall–Kier alpha value is -2.13. The molecule has 3 aliphatic rings. The molecule has 2 aliphatic heterocycles. The van der Waals surface area contributed by atoms with Gasteiger partial charge in [0, 0.05) is 31.4 Å². The van der Waals surface area contributed by atoms with Gasteiger partial charge in [-0.05, 0) is 63.1 Å². The molecule has 1 aromatic rings. The van der Waals surface area contributed by atoms with E-state index in [0.29, 0.717) is 6.54 Å². The highest BCUT2D eigenvalue weighted by Crippen LogP contribution is 2.43. The van der Waals surface area contributed by atoms with Gasteiger partial charge in [0.1, 0.15) is 11.9 Å². The van der Waals surface area contributed by atoms with E-state index in [0.717, 1.165) is 63.7 Å². The summed E-state index contributed by atoms with van der Waals surface area (Å²) in [5, 5.41) is 18.7. The Morgan fingerprint density at radius 2 is 1.96 bits per heavy atom. The predicted molar refractivity (Wildman–Crippen MR) is 99.6 cm³/mol. The second-order valence-corrected chi connectivity index (χ2v) is 8.29. The molecule has 1 unspecified atom stereocenters. The highest BCUT2D eigenvalue weighted by Gasteiger charge is 2.50. The first-order valence-electron chi connectivity index (χ1n) is 9.96. The second-order valence-electron chi connectivity index (χ2n) is 8.29. The molecule has 2 heterocycles. The number of anilines is 1. The Morgan fingerprint density at radius 1 is 1.19 bits per heavy atom. The number of likely N-dealkylation sites (tertiary alicyclic amines) is 1. The lowest BCUT2D eigenvalue weighted by Crippen LogP contribution is -2.50. The maximum absolute atomic E-state index is 14.0. The van der Waals surface area contributed by atoms with E-state index in [9.17, 15) is 14.3 Å². The number of benzene rings is 1. The molecule has 5 nitrogen and oxygen atoms in total. The minimum atomic E-state index is -0.505. The van der Waals surface area contributed by atoms with Gasteiger partial charge in [-0.25, -0.2) is 4.39 Å². The van der Waals surface area contributed by atoms with Gasteiger partial charge >= 0.3 is 0 Å². The van der Waals surface area contributed by atoms with Crippen LogP contribution in [0.5, 0.6) is 0 Å². The summed E-state index contributed by atoms with van der Waals surface area (Å²) < 4.78 is 14.0. The lowest BCUT2D eigenvalue weighted by molar-refractivity contribution is -0.139. The smallest absolute Gasteiger partial charge is 0.230 e. The summed E-state index contributed by atoms with van der Waals surface area (Å²) in [5.41, 5.74) is 0.421. The van der Waals surface area contributed by atoms with Crippen LogP contribution in [0.15, 0.2) is 18.2 Å². The molecule has 4 rings (SSSR count). The van der Waals surface area contributed by atoms with Gasteiger partial charge in [-0.2, -0.15) is 5.26 Å². The Labute approximate surface area is 159 Å². The van der Waals surface area contributed by atoms with Crippen LogP contribution in [-0.4, -0.2) is 47.7 Å². The molecule has 27 heavy (non-hydrogen) atoms. The van der Waals surface area contributed by atoms with Crippen molar-refractivity contribution in [3.63, 3.8) is 0 Å². The number of hydrogen-bond acceptors (Lipinski definition) is 4. The van der Waals surface area contributed by atoms with Gasteiger partial charge in [-0.1, -0.05) is 0 Å². The number of hydrogen-bond donors (Lipinski definition) is 1. The van der Waals surface area contributed by atoms with Crippen LogP contribution in [0.25, 0.3) is 0 Å². The van der Waals surface area contributed by atoms with Gasteiger partial charge < -0.3 is 14.9 Å². The molecule has 1 spiro atoms. The minimum Gasteiger partial charge on any atom is -0.393 e. The molecule has 0 aromatic heterocycles. The highest BCUT2D eigenvalue weighted by atomic mass is 19.1. The maximum Gasteiger partial charge on any atom is 0.230 e. The monoisotopic (exact) mass is 371 g/mol. The van der Waals surface area contributed by atoms with Crippen LogP contribution in [0, 0.1) is 22.6 Å². The lowest BCUT2D eigenvalue weighted by atomic mass is 9.78. The molecule has 2 saturated heterocycles. The van der Waals surface area contributed by atoms with Crippen LogP contribution < -0.4 is 4.90 Å². The van der Waals surface area contributed by atoms with Crippen molar-refractivity contribution in [2.75, 3.05) is 24.5 Å². The Bertz CT molecular complexity index is 769. The number of piperidine rings is 1. The van der Waals surface area contributed by atoms with E-state index in [1.165, 1.54) is 12.1 Å². The number of nitrogens with zero attached hydrogens (tertiary/aromatic N) is 3. The Balaban J connectivity index is 1.50. The van der Waals surface area contributed by atoms with Crippen LogP contribution in [-0.2, 0) is 4.79 Å². The third-order valence-corrected chi connectivity index (χ3v) is 6.67. The number of carbonyl (C=O) groups is 1. The first-order valence-corrected chi connectivity index (χ1v) is 9.96. The van der Waals surface area contributed by atoms with E-state index in [-0.39, 0.29) is 29.0 Å². The summed E-state index contributed by atoms with van der Waals surface area (Å²) in [4.78, 5) is 17.5. The van der Waals surface area contributed by atoms with Gasteiger partial charge in [0.15, 0.2) is 0 Å². The predicted octanol–water partition coefficient (Wildman–Crippen LogP) is 2.82. The number of aliphatic hydroxyl groups is 1. The number of nitriles is 1. The van der Waals surface area contributed by atoms with Gasteiger partial charge in [-0.15, -0.1) is 0 Å². The number of halogens is 1. The maximum atomic E-state index is 14.0. The van der Waals surface area contributed by atoms with Crippen molar-refractivity contribution in [1.29, 1.82) is 5.26 Å². The standard InChI is InChI=1S/C21H26FN3O2/c22-19-12-17(3-2-15(19)13-23)24-10-1-8-21(14-24)9-11-25(20(21)27)16-4-6-18(26)7-5-16/h2-3,12,16,18,26H,1,4-11,14H2. The molecule has 0 bridgehead atoms. The summed E-state index contributed by atoms with van der Waals surface area (Å²) in [6.45, 7) is 2.20. The van der Waals surface area contributed by atoms with E-state index in [4.69, 9.17) is 5.26 Å². The fourth-order valence-electron chi connectivity index (χ4n) is 5.09. The zero-order valence-electron chi connectivity index (χ0n) is 15.5. The Morgan fingerprint density at radius 3 is 2.67 bits per heavy atom. The topological polar surface area (TPSA) is 67.6 Å². The first-order chi connectivity index (χ1) is 13.0. The number of rotatable bonds is 2. The van der Waals surface area contributed by atoms with Gasteiger partial charge in [0.25, 0.3) is 0 Å². The SMILES string of the molecule is N#Cc1ccc(N2CCCC3(CCN(C4CCC(O)CC4)C3=O)C2)cc1F. The van der Waals surface area contributed by atoms with Crippen molar-refractivity contribution >= 4 is 11.6 Å². The van der Waals surface area contributed by atoms with E-state index >= 15 is 0 Å². The van der Waals surface area contributed by atoms with E-state index in [1.807, 2.05) is 6.07 Å². The summed E-state index contributed by atoms with van der Waals surface area (Å²) in [6.07, 6.45) is 5.74. The molecule has 1 atom stereocenters. The highest BCUT2D eigenvalue weighted by molar-refractivity contribution is 5.86. The van der Waals surface area contributed by atoms with Crippen molar-refractivity contribution in [2.45, 2.75) is 57.1 Å². The Kier molecular flexibility index (Phi) is 4.81. The van der Waals surface area contributed by atoms with Gasteiger partial charge in [0.05, 0.1) is 17.1 Å². The molecule has 3 fully saturated rings. The fourth-order valence-corrected chi connectivity index (χ4v) is 5.09. The zero-order chi connectivity index (χ0) is 19.0. The van der Waals surface area contributed by atoms with Crippen molar-refractivity contribution in [3.05, 3.63) is 29.6 Å². The van der Waals surface area contributed by atoms with Crippen molar-refractivity contribution in [1.82, 2.24) is 4.90 Å². The molecule has 144 valence electrons. The normalized spacial score (nSPS) is 31.4. The number of amides is 1. The third kappa shape index (κ3) is 3.29. The third-order valence-electron chi connectivity index (χ3n) is 6.67. The van der Waals surface area contributed by atoms with Crippen LogP contribution in [0.4, 0.5) is 10.1 Å². The summed E-state index contributed by atoms with van der Waals surface area (Å²) in [7, 11) is 0. The molecule has 1 amide bonds. The minimum absolute atomic E-state index is 0.0491. The molecule has 0 radical (unpaired) electrons. The average Bonchev–Trinajstić information content (AvgIpc) is 2.98. The van der Waals surface area contributed by atoms with Gasteiger partial charge in [-0.3, -0.25) is 4.79 Å². The largest absolute Gasteiger partial charge is 0.393 e. The van der Waals surface area contributed by atoms with Crippen molar-refractivity contribution in [2.24, 2.45) is 5.41 Å².